The largest absolute Gasteiger partial charge is 0.477 e. The van der Waals surface area contributed by atoms with Crippen molar-refractivity contribution in [3.63, 3.8) is 0 Å². The van der Waals surface area contributed by atoms with Crippen molar-refractivity contribution in [3.05, 3.63) is 29.8 Å². The predicted molar refractivity (Wildman–Crippen MR) is 56.7 cm³/mol. The van der Waals surface area contributed by atoms with E-state index in [0.29, 0.717) is 5.19 Å². The Morgan fingerprint density at radius 2 is 1.50 bits per heavy atom. The van der Waals surface area contributed by atoms with Crippen LogP contribution in [0.15, 0.2) is 24.3 Å². The quantitative estimate of drug-likeness (QED) is 0.620. The van der Waals surface area contributed by atoms with Gasteiger partial charge in [0, 0.05) is 19.4 Å². The molecule has 0 saturated heterocycles. The van der Waals surface area contributed by atoms with Gasteiger partial charge in [0.1, 0.15) is 0 Å². The highest BCUT2D eigenvalue weighted by atomic mass is 35.6. The van der Waals surface area contributed by atoms with Crippen molar-refractivity contribution in [1.82, 2.24) is 0 Å². The number of benzene rings is 1. The summed E-state index contributed by atoms with van der Waals surface area (Å²) in [5.41, 5.74) is -0.725. The maximum absolute atomic E-state index is 12.3. The zero-order chi connectivity index (χ0) is 12.4. The molecule has 0 aliphatic rings. The molecule has 0 fully saturated rings. The van der Waals surface area contributed by atoms with E-state index in [1.54, 1.807) is 0 Å². The maximum Gasteiger partial charge on any atom is 0.477 e. The summed E-state index contributed by atoms with van der Waals surface area (Å²) in [5, 5.41) is 0.437. The molecule has 0 atom stereocenters. The molecule has 0 aliphatic carbocycles. The first-order valence-corrected chi connectivity index (χ1v) is 7.13. The van der Waals surface area contributed by atoms with Crippen LogP contribution >= 0.6 is 11.1 Å². The Bertz CT molecular complexity index is 349. The summed E-state index contributed by atoms with van der Waals surface area (Å²) in [4.78, 5) is 0. The second kappa shape index (κ2) is 4.75. The van der Waals surface area contributed by atoms with Gasteiger partial charge < -0.3 is 8.85 Å². The highest BCUT2D eigenvalue weighted by Gasteiger charge is 2.37. The van der Waals surface area contributed by atoms with Gasteiger partial charge in [-0.15, -0.1) is 0 Å². The van der Waals surface area contributed by atoms with E-state index in [-0.39, 0.29) is 0 Å². The van der Waals surface area contributed by atoms with Crippen molar-refractivity contribution in [3.8, 4) is 0 Å². The molecule has 0 bridgehead atoms. The SMILES string of the molecule is CO[Si](Cl)(OC)c1ccc(C(F)(F)F)cc1. The number of halogens is 4. The molecule has 0 spiro atoms. The van der Waals surface area contributed by atoms with Crippen molar-refractivity contribution >= 4 is 24.1 Å². The predicted octanol–water partition coefficient (Wildman–Crippen LogP) is 2.38. The van der Waals surface area contributed by atoms with Crippen LogP contribution in [0.5, 0.6) is 0 Å². The van der Waals surface area contributed by atoms with Crippen molar-refractivity contribution in [1.29, 1.82) is 0 Å². The lowest BCUT2D eigenvalue weighted by atomic mass is 10.2. The molecule has 0 heterocycles. The summed E-state index contributed by atoms with van der Waals surface area (Å²) in [6.07, 6.45) is -4.35. The first-order valence-electron chi connectivity index (χ1n) is 4.30. The Hall–Kier alpha value is -0.563. The highest BCUT2D eigenvalue weighted by Crippen LogP contribution is 2.28. The summed E-state index contributed by atoms with van der Waals surface area (Å²) in [6.45, 7) is 0. The Balaban J connectivity index is 3.04. The highest BCUT2D eigenvalue weighted by molar-refractivity contribution is 7.20. The molecular formula is C9H10ClF3O2Si. The zero-order valence-electron chi connectivity index (χ0n) is 8.64. The van der Waals surface area contributed by atoms with Crippen molar-refractivity contribution in [2.75, 3.05) is 14.2 Å². The first kappa shape index (κ1) is 13.5. The minimum atomic E-state index is -4.35. The van der Waals surface area contributed by atoms with Crippen LogP contribution in [0.3, 0.4) is 0 Å². The van der Waals surface area contributed by atoms with Crippen molar-refractivity contribution in [2.45, 2.75) is 6.18 Å². The van der Waals surface area contributed by atoms with E-state index in [2.05, 4.69) is 0 Å². The van der Waals surface area contributed by atoms with E-state index in [1.807, 2.05) is 0 Å². The van der Waals surface area contributed by atoms with Crippen LogP contribution in [0.2, 0.25) is 0 Å². The zero-order valence-corrected chi connectivity index (χ0v) is 10.4. The van der Waals surface area contributed by atoms with E-state index in [1.165, 1.54) is 26.4 Å². The molecule has 0 saturated carbocycles. The third kappa shape index (κ3) is 2.76. The Morgan fingerprint density at radius 3 is 1.81 bits per heavy atom. The summed E-state index contributed by atoms with van der Waals surface area (Å²) < 4.78 is 46.9. The lowest BCUT2D eigenvalue weighted by Crippen LogP contribution is -2.47. The van der Waals surface area contributed by atoms with Crippen molar-refractivity contribution < 1.29 is 22.0 Å². The van der Waals surface area contributed by atoms with Gasteiger partial charge in [0.25, 0.3) is 0 Å². The summed E-state index contributed by atoms with van der Waals surface area (Å²) in [5.74, 6) is 0. The average Bonchev–Trinajstić information content (AvgIpc) is 2.27. The van der Waals surface area contributed by atoms with Gasteiger partial charge in [-0.05, 0) is 12.1 Å². The Labute approximate surface area is 96.9 Å². The van der Waals surface area contributed by atoms with Crippen LogP contribution in [0.4, 0.5) is 13.2 Å². The fourth-order valence-electron chi connectivity index (χ4n) is 1.18. The third-order valence-corrected chi connectivity index (χ3v) is 5.74. The van der Waals surface area contributed by atoms with Gasteiger partial charge in [-0.1, -0.05) is 23.2 Å². The molecule has 0 N–H and O–H groups in total. The Kier molecular flexibility index (Phi) is 4.00. The van der Waals surface area contributed by atoms with Gasteiger partial charge in [-0.3, -0.25) is 0 Å². The average molecular weight is 271 g/mol. The van der Waals surface area contributed by atoms with Crippen LogP contribution in [0, 0.1) is 0 Å². The number of hydrogen-bond acceptors (Lipinski definition) is 2. The van der Waals surface area contributed by atoms with Crippen LogP contribution in [0.25, 0.3) is 0 Å². The maximum atomic E-state index is 12.3. The van der Waals surface area contributed by atoms with Crippen LogP contribution in [0.1, 0.15) is 5.56 Å². The minimum Gasteiger partial charge on any atom is -0.383 e. The molecule has 16 heavy (non-hydrogen) atoms. The van der Waals surface area contributed by atoms with E-state index >= 15 is 0 Å². The fraction of sp³-hybridized carbons (Fsp3) is 0.333. The van der Waals surface area contributed by atoms with E-state index in [4.69, 9.17) is 19.9 Å². The number of alkyl halides is 3. The summed E-state index contributed by atoms with van der Waals surface area (Å²) >= 11 is 6.01. The summed E-state index contributed by atoms with van der Waals surface area (Å²) in [6, 6.07) is 4.46. The lowest BCUT2D eigenvalue weighted by molar-refractivity contribution is -0.137. The van der Waals surface area contributed by atoms with Gasteiger partial charge in [0.15, 0.2) is 0 Å². The van der Waals surface area contributed by atoms with E-state index in [0.717, 1.165) is 12.1 Å². The van der Waals surface area contributed by atoms with Gasteiger partial charge in [0.2, 0.25) is 0 Å². The molecule has 0 aliphatic heterocycles. The van der Waals surface area contributed by atoms with Gasteiger partial charge >= 0.3 is 14.0 Å². The van der Waals surface area contributed by atoms with E-state index < -0.39 is 19.6 Å². The molecule has 2 nitrogen and oxygen atoms in total. The first-order chi connectivity index (χ1) is 7.33. The molecule has 1 aromatic carbocycles. The molecule has 1 aromatic rings. The van der Waals surface area contributed by atoms with Crippen LogP contribution in [-0.4, -0.2) is 22.1 Å². The smallest absolute Gasteiger partial charge is 0.383 e. The molecule has 0 amide bonds. The second-order valence-electron chi connectivity index (χ2n) is 3.02. The van der Waals surface area contributed by atoms with E-state index in [9.17, 15) is 13.2 Å². The number of hydrogen-bond donors (Lipinski definition) is 0. The van der Waals surface area contributed by atoms with Gasteiger partial charge in [-0.25, -0.2) is 0 Å². The standard InChI is InChI=1S/C9H10ClF3O2Si/c1-14-16(10,15-2)8-5-3-7(4-6-8)9(11,12)13/h3-6H,1-2H3. The summed E-state index contributed by atoms with van der Waals surface area (Å²) in [7, 11) is -0.328. The lowest BCUT2D eigenvalue weighted by Gasteiger charge is -2.20. The molecule has 7 heteroatoms. The van der Waals surface area contributed by atoms with Crippen molar-refractivity contribution in [2.24, 2.45) is 0 Å². The molecule has 1 rings (SSSR count). The molecular weight excluding hydrogens is 261 g/mol. The van der Waals surface area contributed by atoms with Crippen LogP contribution in [-0.2, 0) is 15.0 Å². The minimum absolute atomic E-state index is 0.437. The monoisotopic (exact) mass is 270 g/mol. The third-order valence-electron chi connectivity index (χ3n) is 2.08. The second-order valence-corrected chi connectivity index (χ2v) is 6.98. The molecule has 90 valence electrons. The Morgan fingerprint density at radius 1 is 1.06 bits per heavy atom. The normalized spacial score (nSPS) is 12.9. The fourth-order valence-corrected chi connectivity index (χ4v) is 2.76. The molecule has 0 unspecified atom stereocenters. The molecule has 0 radical (unpaired) electrons. The van der Waals surface area contributed by atoms with Gasteiger partial charge in [-0.2, -0.15) is 13.2 Å². The molecule has 0 aromatic heterocycles. The van der Waals surface area contributed by atoms with Crippen LogP contribution < -0.4 is 5.19 Å². The number of rotatable bonds is 3. The van der Waals surface area contributed by atoms with Gasteiger partial charge in [0.05, 0.1) is 5.56 Å². The topological polar surface area (TPSA) is 18.5 Å².